The van der Waals surface area contributed by atoms with Crippen LogP contribution in [0.5, 0.6) is 0 Å². The number of hydrogen-bond acceptors (Lipinski definition) is 4. The first-order chi connectivity index (χ1) is 10.8. The largest absolute Gasteiger partial charge is 0.446 e. The first-order valence-corrected chi connectivity index (χ1v) is 8.33. The lowest BCUT2D eigenvalue weighted by Crippen LogP contribution is -2.33. The maximum atomic E-state index is 12.2. The molecule has 6 heteroatoms. The van der Waals surface area contributed by atoms with E-state index >= 15 is 0 Å². The van der Waals surface area contributed by atoms with Crippen LogP contribution in [0.1, 0.15) is 63.8 Å². The van der Waals surface area contributed by atoms with Gasteiger partial charge in [-0.3, -0.25) is 9.59 Å². The summed E-state index contributed by atoms with van der Waals surface area (Å²) in [6.07, 6.45) is 2.67. The first-order valence-electron chi connectivity index (χ1n) is 8.33. The van der Waals surface area contributed by atoms with E-state index in [4.69, 9.17) is 4.42 Å². The molecule has 6 nitrogen and oxygen atoms in total. The number of carbonyl (C=O) groups is 2. The molecule has 2 amide bonds. The van der Waals surface area contributed by atoms with Crippen LogP contribution in [0.3, 0.4) is 0 Å². The summed E-state index contributed by atoms with van der Waals surface area (Å²) < 4.78 is 5.37. The summed E-state index contributed by atoms with van der Waals surface area (Å²) in [4.78, 5) is 30.1. The summed E-state index contributed by atoms with van der Waals surface area (Å²) in [5.74, 6) is 0.970. The van der Waals surface area contributed by atoms with Crippen molar-refractivity contribution in [2.24, 2.45) is 11.8 Å². The number of rotatable bonds is 9. The highest BCUT2D eigenvalue weighted by Crippen LogP contribution is 2.10. The van der Waals surface area contributed by atoms with Crippen molar-refractivity contribution in [3.05, 3.63) is 17.8 Å². The van der Waals surface area contributed by atoms with Crippen LogP contribution >= 0.6 is 0 Å². The fourth-order valence-electron chi connectivity index (χ4n) is 2.11. The van der Waals surface area contributed by atoms with Crippen LogP contribution in [0, 0.1) is 11.8 Å². The highest BCUT2D eigenvalue weighted by Gasteiger charge is 2.19. The second-order valence-electron chi connectivity index (χ2n) is 6.65. The smallest absolute Gasteiger partial charge is 0.273 e. The van der Waals surface area contributed by atoms with Crippen molar-refractivity contribution in [1.82, 2.24) is 15.2 Å². The second-order valence-corrected chi connectivity index (χ2v) is 6.65. The molecule has 0 bridgehead atoms. The van der Waals surface area contributed by atoms with Crippen molar-refractivity contribution in [1.29, 1.82) is 0 Å². The Hall–Kier alpha value is -1.85. The first kappa shape index (κ1) is 19.2. The number of hydrogen-bond donors (Lipinski definition) is 1. The lowest BCUT2D eigenvalue weighted by Gasteiger charge is -2.23. The van der Waals surface area contributed by atoms with Gasteiger partial charge in [0.1, 0.15) is 6.26 Å². The molecule has 0 radical (unpaired) electrons. The van der Waals surface area contributed by atoms with E-state index in [1.807, 2.05) is 20.8 Å². The molecule has 0 aliphatic carbocycles. The van der Waals surface area contributed by atoms with Crippen molar-refractivity contribution in [2.75, 3.05) is 13.1 Å². The molecule has 0 spiro atoms. The van der Waals surface area contributed by atoms with E-state index in [-0.39, 0.29) is 17.5 Å². The van der Waals surface area contributed by atoms with Crippen LogP contribution in [-0.4, -0.2) is 34.8 Å². The van der Waals surface area contributed by atoms with Gasteiger partial charge in [-0.25, -0.2) is 4.98 Å². The predicted molar refractivity (Wildman–Crippen MR) is 88.8 cm³/mol. The Kier molecular flexibility index (Phi) is 7.78. The molecule has 130 valence electrons. The third-order valence-corrected chi connectivity index (χ3v) is 3.18. The molecule has 1 aromatic rings. The van der Waals surface area contributed by atoms with Gasteiger partial charge in [0.05, 0.1) is 6.54 Å². The van der Waals surface area contributed by atoms with Gasteiger partial charge in [0, 0.05) is 19.5 Å². The zero-order valence-corrected chi connectivity index (χ0v) is 14.9. The Morgan fingerprint density at radius 3 is 2.52 bits per heavy atom. The van der Waals surface area contributed by atoms with Gasteiger partial charge >= 0.3 is 0 Å². The highest BCUT2D eigenvalue weighted by atomic mass is 16.3. The number of oxazole rings is 1. The number of amides is 2. The number of carbonyl (C=O) groups excluding carboxylic acids is 2. The Morgan fingerprint density at radius 2 is 1.96 bits per heavy atom. The average Bonchev–Trinajstić information content (AvgIpc) is 2.92. The van der Waals surface area contributed by atoms with Crippen molar-refractivity contribution in [3.8, 4) is 0 Å². The summed E-state index contributed by atoms with van der Waals surface area (Å²) in [6.45, 7) is 11.7. The highest BCUT2D eigenvalue weighted by molar-refractivity contribution is 5.91. The van der Waals surface area contributed by atoms with Gasteiger partial charge in [-0.2, -0.15) is 0 Å². The lowest BCUT2D eigenvalue weighted by atomic mass is 10.2. The van der Waals surface area contributed by atoms with Crippen LogP contribution in [-0.2, 0) is 11.3 Å². The van der Waals surface area contributed by atoms with Gasteiger partial charge < -0.3 is 14.6 Å². The SMILES string of the molecule is CCCC(=O)N(Cc1nc(C(=O)NCC(C)C)co1)CC(C)C. The van der Waals surface area contributed by atoms with Crippen molar-refractivity contribution in [3.63, 3.8) is 0 Å². The number of nitrogens with one attached hydrogen (secondary N) is 1. The van der Waals surface area contributed by atoms with Crippen molar-refractivity contribution < 1.29 is 14.0 Å². The van der Waals surface area contributed by atoms with Gasteiger partial charge in [0.15, 0.2) is 5.69 Å². The average molecular weight is 323 g/mol. The summed E-state index contributed by atoms with van der Waals surface area (Å²) in [6, 6.07) is 0. The second kappa shape index (κ2) is 9.33. The van der Waals surface area contributed by atoms with E-state index < -0.39 is 0 Å². The van der Waals surface area contributed by atoms with Gasteiger partial charge in [-0.15, -0.1) is 0 Å². The molecule has 1 rings (SSSR count). The van der Waals surface area contributed by atoms with Crippen LogP contribution in [0.25, 0.3) is 0 Å². The van der Waals surface area contributed by atoms with Crippen LogP contribution in [0.15, 0.2) is 10.7 Å². The topological polar surface area (TPSA) is 75.4 Å². The third-order valence-electron chi connectivity index (χ3n) is 3.18. The van der Waals surface area contributed by atoms with Crippen LogP contribution in [0.4, 0.5) is 0 Å². The molecule has 0 fully saturated rings. The molecular weight excluding hydrogens is 294 g/mol. The summed E-state index contributed by atoms with van der Waals surface area (Å²) in [7, 11) is 0. The molecule has 0 aromatic carbocycles. The zero-order chi connectivity index (χ0) is 17.4. The van der Waals surface area contributed by atoms with Crippen molar-refractivity contribution in [2.45, 2.75) is 54.0 Å². The fraction of sp³-hybridized carbons (Fsp3) is 0.706. The fourth-order valence-corrected chi connectivity index (χ4v) is 2.11. The molecule has 0 saturated heterocycles. The Morgan fingerprint density at radius 1 is 1.26 bits per heavy atom. The minimum absolute atomic E-state index is 0.0882. The number of nitrogens with zero attached hydrogens (tertiary/aromatic N) is 2. The van der Waals surface area contributed by atoms with E-state index in [2.05, 4.69) is 24.1 Å². The van der Waals surface area contributed by atoms with Crippen LogP contribution < -0.4 is 5.32 Å². The molecule has 1 N–H and O–H groups in total. The monoisotopic (exact) mass is 323 g/mol. The van der Waals surface area contributed by atoms with E-state index in [0.717, 1.165) is 6.42 Å². The maximum Gasteiger partial charge on any atom is 0.273 e. The molecule has 0 atom stereocenters. The van der Waals surface area contributed by atoms with Gasteiger partial charge in [-0.1, -0.05) is 34.6 Å². The van der Waals surface area contributed by atoms with Crippen LogP contribution in [0.2, 0.25) is 0 Å². The van der Waals surface area contributed by atoms with Gasteiger partial charge in [0.25, 0.3) is 5.91 Å². The van der Waals surface area contributed by atoms with Crippen molar-refractivity contribution >= 4 is 11.8 Å². The summed E-state index contributed by atoms with van der Waals surface area (Å²) in [5, 5.41) is 2.80. The minimum Gasteiger partial charge on any atom is -0.446 e. The minimum atomic E-state index is -0.246. The molecule has 0 aliphatic heterocycles. The Labute approximate surface area is 138 Å². The molecule has 1 aromatic heterocycles. The lowest BCUT2D eigenvalue weighted by molar-refractivity contribution is -0.132. The number of aromatic nitrogens is 1. The maximum absolute atomic E-state index is 12.2. The Bertz CT molecular complexity index is 509. The molecular formula is C17H29N3O3. The normalized spacial score (nSPS) is 11.1. The van der Waals surface area contributed by atoms with E-state index in [9.17, 15) is 9.59 Å². The molecule has 1 heterocycles. The quantitative estimate of drug-likeness (QED) is 0.758. The van der Waals surface area contributed by atoms with Gasteiger partial charge in [0.2, 0.25) is 11.8 Å². The molecule has 0 unspecified atom stereocenters. The van der Waals surface area contributed by atoms with Gasteiger partial charge in [-0.05, 0) is 18.3 Å². The Balaban J connectivity index is 2.70. The standard InChI is InChI=1S/C17H29N3O3/c1-6-7-16(21)20(9-13(4)5)10-15-19-14(11-23-15)17(22)18-8-12(2)3/h11-13H,6-10H2,1-5H3,(H,18,22). The van der Waals surface area contributed by atoms with E-state index in [0.29, 0.717) is 43.8 Å². The van der Waals surface area contributed by atoms with E-state index in [1.165, 1.54) is 6.26 Å². The predicted octanol–water partition coefficient (Wildman–Crippen LogP) is 2.85. The summed E-state index contributed by atoms with van der Waals surface area (Å²) >= 11 is 0. The molecule has 0 saturated carbocycles. The van der Waals surface area contributed by atoms with E-state index in [1.54, 1.807) is 4.90 Å². The molecule has 23 heavy (non-hydrogen) atoms. The molecule has 0 aliphatic rings. The zero-order valence-electron chi connectivity index (χ0n) is 14.9. The summed E-state index contributed by atoms with van der Waals surface area (Å²) in [5.41, 5.74) is 0.257. The third kappa shape index (κ3) is 6.84.